The zero-order valence-electron chi connectivity index (χ0n) is 12.8. The summed E-state index contributed by atoms with van der Waals surface area (Å²) in [5.74, 6) is 0.202. The van der Waals surface area contributed by atoms with Crippen LogP contribution >= 0.6 is 0 Å². The first-order chi connectivity index (χ1) is 8.09. The van der Waals surface area contributed by atoms with Crippen molar-refractivity contribution in [2.24, 2.45) is 5.92 Å². The van der Waals surface area contributed by atoms with Crippen molar-refractivity contribution in [1.82, 2.24) is 0 Å². The Bertz CT molecular complexity index is 350. The molecule has 1 saturated heterocycles. The van der Waals surface area contributed by atoms with E-state index in [-0.39, 0.29) is 17.3 Å². The van der Waals surface area contributed by atoms with Crippen LogP contribution in [-0.2, 0) is 9.22 Å². The number of allylic oxidation sites excluding steroid dienone is 1. The first-order valence-corrected chi connectivity index (χ1v) is 14.1. The summed E-state index contributed by atoms with van der Waals surface area (Å²) in [5, 5.41) is 0. The number of ketones is 1. The van der Waals surface area contributed by atoms with Gasteiger partial charge < -0.3 is 4.43 Å². The fraction of sp³-hybridized carbons (Fsp3) is 0.786. The second-order valence-electron chi connectivity index (χ2n) is 6.92. The maximum absolute atomic E-state index is 12.2. The fourth-order valence-electron chi connectivity index (χ4n) is 3.03. The van der Waals surface area contributed by atoms with Gasteiger partial charge in [-0.2, -0.15) is 0 Å². The molecule has 2 atom stereocenters. The SMILES string of the molecule is C=CC(=O)C1C[Si](C)(C)[Si](C)(C)OC1(C)CCC. The van der Waals surface area contributed by atoms with Crippen LogP contribution in [0.2, 0.25) is 32.2 Å². The topological polar surface area (TPSA) is 26.3 Å². The average Bonchev–Trinajstić information content (AvgIpc) is 2.22. The minimum Gasteiger partial charge on any atom is -0.414 e. The standard InChI is InChI=1S/C14H28O2Si2/c1-8-10-14(3)12(13(15)9-2)11-17(4,5)18(6,7)16-14/h9,12H,2,8,10-11H2,1,3-7H3. The van der Waals surface area contributed by atoms with E-state index in [0.29, 0.717) is 0 Å². The van der Waals surface area contributed by atoms with Crippen LogP contribution in [0.1, 0.15) is 26.7 Å². The monoisotopic (exact) mass is 284 g/mol. The highest BCUT2D eigenvalue weighted by Gasteiger charge is 2.56. The molecule has 1 aliphatic rings. The van der Waals surface area contributed by atoms with Crippen LogP contribution in [0.15, 0.2) is 12.7 Å². The molecule has 0 aromatic carbocycles. The summed E-state index contributed by atoms with van der Waals surface area (Å²) >= 11 is 0. The van der Waals surface area contributed by atoms with E-state index in [1.807, 2.05) is 0 Å². The second kappa shape index (κ2) is 5.06. The van der Waals surface area contributed by atoms with Crippen molar-refractivity contribution in [2.45, 2.75) is 64.5 Å². The van der Waals surface area contributed by atoms with Gasteiger partial charge in [-0.25, -0.2) is 0 Å². The molecule has 104 valence electrons. The second-order valence-corrected chi connectivity index (χ2v) is 22.0. The molecule has 1 aliphatic heterocycles. The van der Waals surface area contributed by atoms with E-state index in [9.17, 15) is 4.79 Å². The normalized spacial score (nSPS) is 34.0. The molecule has 1 rings (SSSR count). The van der Waals surface area contributed by atoms with Gasteiger partial charge in [0, 0.05) is 5.92 Å². The van der Waals surface area contributed by atoms with Gasteiger partial charge in [-0.1, -0.05) is 33.0 Å². The quantitative estimate of drug-likeness (QED) is 0.577. The van der Waals surface area contributed by atoms with Gasteiger partial charge >= 0.3 is 0 Å². The largest absolute Gasteiger partial charge is 0.414 e. The smallest absolute Gasteiger partial charge is 0.174 e. The molecular weight excluding hydrogens is 256 g/mol. The highest BCUT2D eigenvalue weighted by molar-refractivity contribution is 7.38. The number of carbonyl (C=O) groups is 1. The Morgan fingerprint density at radius 2 is 2.00 bits per heavy atom. The zero-order chi connectivity index (χ0) is 14.2. The summed E-state index contributed by atoms with van der Waals surface area (Å²) in [6.45, 7) is 17.4. The highest BCUT2D eigenvalue weighted by Crippen LogP contribution is 2.45. The van der Waals surface area contributed by atoms with Gasteiger partial charge in [0.15, 0.2) is 13.6 Å². The first kappa shape index (κ1) is 15.9. The van der Waals surface area contributed by atoms with Crippen molar-refractivity contribution in [3.05, 3.63) is 12.7 Å². The van der Waals surface area contributed by atoms with Crippen LogP contribution in [0.5, 0.6) is 0 Å². The predicted molar refractivity (Wildman–Crippen MR) is 82.9 cm³/mol. The molecule has 1 fully saturated rings. The number of rotatable bonds is 4. The van der Waals surface area contributed by atoms with Crippen LogP contribution < -0.4 is 0 Å². The highest BCUT2D eigenvalue weighted by atomic mass is 29.3. The van der Waals surface area contributed by atoms with Gasteiger partial charge in [0.1, 0.15) is 0 Å². The van der Waals surface area contributed by atoms with Gasteiger partial charge in [0.2, 0.25) is 0 Å². The zero-order valence-corrected chi connectivity index (χ0v) is 14.8. The van der Waals surface area contributed by atoms with E-state index in [1.54, 1.807) is 0 Å². The molecule has 4 heteroatoms. The molecule has 0 aromatic heterocycles. The van der Waals surface area contributed by atoms with Crippen LogP contribution in [0.3, 0.4) is 0 Å². The number of carbonyl (C=O) groups excluding carboxylic acids is 1. The molecule has 1 heterocycles. The summed E-state index contributed by atoms with van der Waals surface area (Å²) in [7, 11) is -3.07. The van der Waals surface area contributed by atoms with E-state index in [1.165, 1.54) is 6.08 Å². The molecule has 0 aliphatic carbocycles. The molecule has 0 amide bonds. The third-order valence-corrected chi connectivity index (χ3v) is 21.2. The van der Waals surface area contributed by atoms with Crippen molar-refractivity contribution < 1.29 is 9.22 Å². The first-order valence-electron chi connectivity index (χ1n) is 6.96. The third kappa shape index (κ3) is 2.70. The molecule has 0 saturated carbocycles. The Balaban J connectivity index is 3.14. The van der Waals surface area contributed by atoms with Crippen molar-refractivity contribution in [3.63, 3.8) is 0 Å². The lowest BCUT2D eigenvalue weighted by Gasteiger charge is -2.54. The van der Waals surface area contributed by atoms with Gasteiger partial charge in [-0.05, 0) is 38.6 Å². The Morgan fingerprint density at radius 1 is 1.44 bits per heavy atom. The van der Waals surface area contributed by atoms with E-state index >= 15 is 0 Å². The summed E-state index contributed by atoms with van der Waals surface area (Å²) in [4.78, 5) is 12.2. The van der Waals surface area contributed by atoms with Gasteiger partial charge in [0.05, 0.1) is 13.2 Å². The van der Waals surface area contributed by atoms with E-state index in [2.05, 4.69) is 46.6 Å². The maximum atomic E-state index is 12.2. The van der Waals surface area contributed by atoms with Crippen LogP contribution in [-0.4, -0.2) is 26.8 Å². The van der Waals surface area contributed by atoms with E-state index in [4.69, 9.17) is 4.43 Å². The summed E-state index contributed by atoms with van der Waals surface area (Å²) < 4.78 is 6.58. The number of hydrogen-bond donors (Lipinski definition) is 0. The molecular formula is C14H28O2Si2. The van der Waals surface area contributed by atoms with Gasteiger partial charge in [-0.3, -0.25) is 4.79 Å². The lowest BCUT2D eigenvalue weighted by atomic mass is 9.83. The minimum atomic E-state index is -1.64. The molecule has 0 bridgehead atoms. The van der Waals surface area contributed by atoms with Crippen molar-refractivity contribution in [3.8, 4) is 0 Å². The Morgan fingerprint density at radius 3 is 2.44 bits per heavy atom. The van der Waals surface area contributed by atoms with Crippen molar-refractivity contribution >= 4 is 21.2 Å². The molecule has 2 unspecified atom stereocenters. The fourth-order valence-corrected chi connectivity index (χ4v) is 10.5. The van der Waals surface area contributed by atoms with Crippen molar-refractivity contribution in [1.29, 1.82) is 0 Å². The predicted octanol–water partition coefficient (Wildman–Crippen LogP) is 3.94. The van der Waals surface area contributed by atoms with Gasteiger partial charge in [0.25, 0.3) is 0 Å². The summed E-state index contributed by atoms with van der Waals surface area (Å²) in [6.07, 6.45) is 3.52. The van der Waals surface area contributed by atoms with Crippen LogP contribution in [0.25, 0.3) is 0 Å². The van der Waals surface area contributed by atoms with Gasteiger partial charge in [-0.15, -0.1) is 0 Å². The van der Waals surface area contributed by atoms with E-state index in [0.717, 1.165) is 18.9 Å². The van der Waals surface area contributed by atoms with Crippen LogP contribution in [0.4, 0.5) is 0 Å². The Kier molecular flexibility index (Phi) is 4.46. The van der Waals surface area contributed by atoms with Crippen molar-refractivity contribution in [2.75, 3.05) is 0 Å². The lowest BCUT2D eigenvalue weighted by Crippen LogP contribution is -2.68. The summed E-state index contributed by atoms with van der Waals surface area (Å²) in [5.41, 5.74) is -0.266. The lowest BCUT2D eigenvalue weighted by molar-refractivity contribution is -0.125. The Labute approximate surface area is 114 Å². The maximum Gasteiger partial charge on any atom is 0.174 e. The molecule has 0 radical (unpaired) electrons. The molecule has 2 nitrogen and oxygen atoms in total. The van der Waals surface area contributed by atoms with Crippen LogP contribution in [0, 0.1) is 5.92 Å². The molecule has 0 spiro atoms. The molecule has 0 aromatic rings. The van der Waals surface area contributed by atoms with E-state index < -0.39 is 15.4 Å². The molecule has 18 heavy (non-hydrogen) atoms. The molecule has 0 N–H and O–H groups in total. The average molecular weight is 285 g/mol. The Hall–Kier alpha value is -0.196. The third-order valence-electron chi connectivity index (χ3n) is 4.86. The minimum absolute atomic E-state index is 0.0251. The number of hydrogen-bond acceptors (Lipinski definition) is 2. The summed E-state index contributed by atoms with van der Waals surface area (Å²) in [6, 6.07) is 1.06.